The van der Waals surface area contributed by atoms with E-state index in [0.717, 1.165) is 36.2 Å². The van der Waals surface area contributed by atoms with E-state index in [-0.39, 0.29) is 10.8 Å². The molecule has 0 saturated carbocycles. The van der Waals surface area contributed by atoms with Gasteiger partial charge in [-0.05, 0) is 81.1 Å². The van der Waals surface area contributed by atoms with Gasteiger partial charge in [-0.3, -0.25) is 9.10 Å². The van der Waals surface area contributed by atoms with Crippen molar-refractivity contribution in [3.8, 4) is 0 Å². The van der Waals surface area contributed by atoms with E-state index < -0.39 is 10.0 Å². The molecule has 0 aromatic heterocycles. The van der Waals surface area contributed by atoms with Crippen molar-refractivity contribution in [3.63, 3.8) is 0 Å². The lowest BCUT2D eigenvalue weighted by Gasteiger charge is -2.30. The lowest BCUT2D eigenvalue weighted by atomic mass is 10.0. The quantitative estimate of drug-likeness (QED) is 0.543. The number of nitrogens with zero attached hydrogens (tertiary/aromatic N) is 2. The maximum atomic E-state index is 13.0. The van der Waals surface area contributed by atoms with Crippen molar-refractivity contribution in [1.29, 1.82) is 0 Å². The van der Waals surface area contributed by atoms with Crippen LogP contribution in [0.5, 0.6) is 0 Å². The van der Waals surface area contributed by atoms with Gasteiger partial charge in [0.05, 0.1) is 10.6 Å². The fourth-order valence-electron chi connectivity index (χ4n) is 4.02. The molecule has 1 saturated heterocycles. The Bertz CT molecular complexity index is 1030. The fourth-order valence-corrected chi connectivity index (χ4v) is 5.44. The maximum Gasteiger partial charge on any atom is 0.264 e. The van der Waals surface area contributed by atoms with E-state index in [0.29, 0.717) is 22.8 Å². The monoisotopic (exact) mass is 477 g/mol. The van der Waals surface area contributed by atoms with E-state index in [1.807, 2.05) is 0 Å². The number of halogens is 1. The highest BCUT2D eigenvalue weighted by Gasteiger charge is 2.22. The molecule has 0 aliphatic carbocycles. The molecule has 3 rings (SSSR count). The first kappa shape index (κ1) is 24.6. The van der Waals surface area contributed by atoms with E-state index in [4.69, 9.17) is 11.6 Å². The summed E-state index contributed by atoms with van der Waals surface area (Å²) >= 11 is 6.00. The van der Waals surface area contributed by atoms with E-state index >= 15 is 0 Å². The molecule has 32 heavy (non-hydrogen) atoms. The van der Waals surface area contributed by atoms with Crippen LogP contribution in [0.2, 0.25) is 5.02 Å². The normalized spacial score (nSPS) is 17.2. The van der Waals surface area contributed by atoms with Crippen molar-refractivity contribution in [1.82, 2.24) is 10.2 Å². The minimum Gasteiger partial charge on any atom is -0.352 e. The van der Waals surface area contributed by atoms with Gasteiger partial charge in [0.25, 0.3) is 15.9 Å². The second kappa shape index (κ2) is 11.2. The Kier molecular flexibility index (Phi) is 8.57. The molecular formula is C24H32ClN3O3S. The molecule has 8 heteroatoms. The summed E-state index contributed by atoms with van der Waals surface area (Å²) in [5, 5.41) is 3.36. The van der Waals surface area contributed by atoms with Gasteiger partial charge >= 0.3 is 0 Å². The van der Waals surface area contributed by atoms with Crippen molar-refractivity contribution in [2.45, 2.75) is 37.5 Å². The highest BCUT2D eigenvalue weighted by Crippen LogP contribution is 2.25. The minimum atomic E-state index is -3.82. The van der Waals surface area contributed by atoms with Gasteiger partial charge in [-0.25, -0.2) is 8.42 Å². The van der Waals surface area contributed by atoms with Gasteiger partial charge < -0.3 is 10.2 Å². The molecule has 1 N–H and O–H groups in total. The number of nitrogens with one attached hydrogen (secondary N) is 1. The maximum absolute atomic E-state index is 13.0. The predicted molar refractivity (Wildman–Crippen MR) is 130 cm³/mol. The number of unbranched alkanes of at least 4 members (excludes halogenated alkanes) is 1. The molecular weight excluding hydrogens is 446 g/mol. The molecule has 1 unspecified atom stereocenters. The van der Waals surface area contributed by atoms with Crippen LogP contribution in [0.25, 0.3) is 0 Å². The number of rotatable bonds is 9. The van der Waals surface area contributed by atoms with Crippen LogP contribution in [0.4, 0.5) is 5.69 Å². The van der Waals surface area contributed by atoms with Crippen LogP contribution in [-0.4, -0.2) is 52.5 Å². The summed E-state index contributed by atoms with van der Waals surface area (Å²) in [6.07, 6.45) is 4.51. The number of hydrogen-bond acceptors (Lipinski definition) is 4. The van der Waals surface area contributed by atoms with Gasteiger partial charge in [-0.2, -0.15) is 0 Å². The van der Waals surface area contributed by atoms with Gasteiger partial charge in [0.1, 0.15) is 0 Å². The van der Waals surface area contributed by atoms with Crippen molar-refractivity contribution in [2.75, 3.05) is 37.5 Å². The fraction of sp³-hybridized carbons (Fsp3) is 0.458. The van der Waals surface area contributed by atoms with Crippen molar-refractivity contribution >= 4 is 33.2 Å². The van der Waals surface area contributed by atoms with Crippen LogP contribution in [0, 0.1) is 5.92 Å². The number of likely N-dealkylation sites (tertiary alicyclic amines) is 1. The second-order valence-corrected chi connectivity index (χ2v) is 10.9. The first-order valence-corrected chi connectivity index (χ1v) is 12.9. The molecule has 174 valence electrons. The van der Waals surface area contributed by atoms with Crippen LogP contribution in [0.3, 0.4) is 0 Å². The number of benzene rings is 2. The van der Waals surface area contributed by atoms with Crippen LogP contribution in [-0.2, 0) is 10.0 Å². The Labute approximate surface area is 196 Å². The van der Waals surface area contributed by atoms with E-state index in [9.17, 15) is 13.2 Å². The van der Waals surface area contributed by atoms with Gasteiger partial charge in [0.2, 0.25) is 0 Å². The van der Waals surface area contributed by atoms with Crippen LogP contribution >= 0.6 is 11.6 Å². The number of piperidine rings is 1. The third-order valence-electron chi connectivity index (χ3n) is 5.85. The highest BCUT2D eigenvalue weighted by atomic mass is 35.5. The molecule has 2 aromatic rings. The Hall–Kier alpha value is -2.09. The average molecular weight is 478 g/mol. The molecule has 0 radical (unpaired) electrons. The molecule has 1 fully saturated rings. The number of sulfonamides is 1. The third kappa shape index (κ3) is 6.47. The zero-order chi connectivity index (χ0) is 23.1. The van der Waals surface area contributed by atoms with Gasteiger partial charge in [0.15, 0.2) is 0 Å². The average Bonchev–Trinajstić information content (AvgIpc) is 2.78. The van der Waals surface area contributed by atoms with Crippen molar-refractivity contribution in [2.24, 2.45) is 5.92 Å². The number of carbonyl (C=O) groups excluding carboxylic acids is 1. The molecule has 6 nitrogen and oxygen atoms in total. The topological polar surface area (TPSA) is 69.7 Å². The highest BCUT2D eigenvalue weighted by molar-refractivity contribution is 7.92. The third-order valence-corrected chi connectivity index (χ3v) is 7.87. The first-order chi connectivity index (χ1) is 15.3. The molecule has 1 heterocycles. The summed E-state index contributed by atoms with van der Waals surface area (Å²) in [7, 11) is -2.35. The standard InChI is InChI=1S/C24H32ClN3O3S/c1-19-8-7-15-28(18-19)14-4-3-13-26-24(29)20-9-5-12-23(16-20)32(30,31)27(2)22-11-6-10-21(25)17-22/h5-6,9-12,16-17,19H,3-4,7-8,13-15,18H2,1-2H3,(H,26,29). The van der Waals surface area contributed by atoms with Crippen molar-refractivity contribution < 1.29 is 13.2 Å². The Morgan fingerprint density at radius 1 is 1.19 bits per heavy atom. The van der Waals surface area contributed by atoms with E-state index in [1.54, 1.807) is 36.4 Å². The summed E-state index contributed by atoms with van der Waals surface area (Å²) in [5.41, 5.74) is 0.783. The summed E-state index contributed by atoms with van der Waals surface area (Å²) in [6, 6.07) is 12.8. The van der Waals surface area contributed by atoms with E-state index in [1.165, 1.54) is 38.6 Å². The number of amides is 1. The summed E-state index contributed by atoms with van der Waals surface area (Å²) < 4.78 is 27.2. The Balaban J connectivity index is 1.54. The van der Waals surface area contributed by atoms with E-state index in [2.05, 4.69) is 17.1 Å². The minimum absolute atomic E-state index is 0.0619. The smallest absolute Gasteiger partial charge is 0.264 e. The lowest BCUT2D eigenvalue weighted by molar-refractivity contribution is 0.0952. The SMILES string of the molecule is CC1CCCN(CCCCNC(=O)c2cccc(S(=O)(=O)N(C)c3cccc(Cl)c3)c2)C1. The van der Waals surface area contributed by atoms with Crippen LogP contribution in [0.15, 0.2) is 53.4 Å². The van der Waals surface area contributed by atoms with Crippen LogP contribution in [0.1, 0.15) is 43.0 Å². The number of hydrogen-bond donors (Lipinski definition) is 1. The number of carbonyl (C=O) groups is 1. The molecule has 2 aromatic carbocycles. The summed E-state index contributed by atoms with van der Waals surface area (Å²) in [5.74, 6) is 0.504. The molecule has 1 aliphatic rings. The second-order valence-electron chi connectivity index (χ2n) is 8.49. The molecule has 1 aliphatic heterocycles. The molecule has 0 bridgehead atoms. The van der Waals surface area contributed by atoms with Gasteiger partial charge in [-0.15, -0.1) is 0 Å². The molecule has 1 atom stereocenters. The van der Waals surface area contributed by atoms with Gasteiger partial charge in [-0.1, -0.05) is 30.7 Å². The Morgan fingerprint density at radius 3 is 2.72 bits per heavy atom. The lowest BCUT2D eigenvalue weighted by Crippen LogP contribution is -2.35. The van der Waals surface area contributed by atoms with Gasteiger partial charge in [0, 0.05) is 30.7 Å². The zero-order valence-electron chi connectivity index (χ0n) is 18.8. The first-order valence-electron chi connectivity index (χ1n) is 11.1. The van der Waals surface area contributed by atoms with Crippen molar-refractivity contribution in [3.05, 3.63) is 59.1 Å². The summed E-state index contributed by atoms with van der Waals surface area (Å²) in [4.78, 5) is 15.1. The Morgan fingerprint density at radius 2 is 1.97 bits per heavy atom. The summed E-state index contributed by atoms with van der Waals surface area (Å²) in [6.45, 7) is 6.26. The van der Waals surface area contributed by atoms with Crippen LogP contribution < -0.4 is 9.62 Å². The molecule has 1 amide bonds. The number of anilines is 1. The predicted octanol–water partition coefficient (Wildman–Crippen LogP) is 4.41. The zero-order valence-corrected chi connectivity index (χ0v) is 20.3. The molecule has 0 spiro atoms. The largest absolute Gasteiger partial charge is 0.352 e.